The maximum atomic E-state index is 11.3. The van der Waals surface area contributed by atoms with Crippen LogP contribution in [0.25, 0.3) is 0 Å². The molecule has 0 bridgehead atoms. The Labute approximate surface area is 120 Å². The van der Waals surface area contributed by atoms with Crippen LogP contribution in [0.2, 0.25) is 0 Å². The molecule has 0 aliphatic carbocycles. The van der Waals surface area contributed by atoms with Gasteiger partial charge in [0, 0.05) is 13.2 Å². The summed E-state index contributed by atoms with van der Waals surface area (Å²) in [6, 6.07) is 7.62. The largest absolute Gasteiger partial charge is 0.396 e. The quantitative estimate of drug-likeness (QED) is 0.881. The molecule has 20 heavy (non-hydrogen) atoms. The van der Waals surface area contributed by atoms with Crippen LogP contribution in [0.3, 0.4) is 0 Å². The highest BCUT2D eigenvalue weighted by Crippen LogP contribution is 2.37. The van der Waals surface area contributed by atoms with E-state index in [1.165, 1.54) is 0 Å². The van der Waals surface area contributed by atoms with Crippen molar-refractivity contribution in [1.82, 2.24) is 4.98 Å². The fourth-order valence-corrected chi connectivity index (χ4v) is 2.78. The van der Waals surface area contributed by atoms with Crippen molar-refractivity contribution in [3.8, 4) is 6.07 Å². The summed E-state index contributed by atoms with van der Waals surface area (Å²) in [5.74, 6) is -0.624. The molecule has 2 aromatic heterocycles. The highest BCUT2D eigenvalue weighted by atomic mass is 32.1. The van der Waals surface area contributed by atoms with E-state index < -0.39 is 5.91 Å². The molecule has 0 aliphatic heterocycles. The first-order valence-electron chi connectivity index (χ1n) is 5.77. The van der Waals surface area contributed by atoms with E-state index in [4.69, 9.17) is 11.5 Å². The number of amides is 1. The van der Waals surface area contributed by atoms with Gasteiger partial charge in [0.05, 0.1) is 17.9 Å². The Morgan fingerprint density at radius 2 is 2.30 bits per heavy atom. The number of carbonyl (C=O) groups excluding carboxylic acids is 1. The molecule has 6 nitrogen and oxygen atoms in total. The molecule has 2 rings (SSSR count). The van der Waals surface area contributed by atoms with Gasteiger partial charge in [-0.3, -0.25) is 9.78 Å². The second-order valence-electron chi connectivity index (χ2n) is 4.18. The van der Waals surface area contributed by atoms with Gasteiger partial charge < -0.3 is 16.4 Å². The molecular weight excluding hydrogens is 274 g/mol. The SMILES string of the molecule is CN(Cc1ccccn1)c1sc(C(N)=O)c(N)c1C#N. The third-order valence-corrected chi connectivity index (χ3v) is 4.07. The number of primary amides is 1. The fraction of sp³-hybridized carbons (Fsp3) is 0.154. The molecule has 0 aliphatic rings. The van der Waals surface area contributed by atoms with Crippen molar-refractivity contribution < 1.29 is 4.79 Å². The van der Waals surface area contributed by atoms with E-state index in [1.807, 2.05) is 36.2 Å². The Hall–Kier alpha value is -2.59. The van der Waals surface area contributed by atoms with Gasteiger partial charge in [0.2, 0.25) is 0 Å². The summed E-state index contributed by atoms with van der Waals surface area (Å²) in [6.45, 7) is 0.508. The van der Waals surface area contributed by atoms with Gasteiger partial charge in [-0.2, -0.15) is 5.26 Å². The monoisotopic (exact) mass is 287 g/mol. The molecule has 1 amide bonds. The van der Waals surface area contributed by atoms with E-state index in [0.29, 0.717) is 11.5 Å². The summed E-state index contributed by atoms with van der Waals surface area (Å²) in [6.07, 6.45) is 1.70. The fourth-order valence-electron chi connectivity index (χ4n) is 1.80. The first-order chi connectivity index (χ1) is 9.54. The van der Waals surface area contributed by atoms with Crippen molar-refractivity contribution >= 4 is 27.9 Å². The number of nitrogens with two attached hydrogens (primary N) is 2. The van der Waals surface area contributed by atoms with Gasteiger partial charge in [-0.1, -0.05) is 6.07 Å². The van der Waals surface area contributed by atoms with Gasteiger partial charge in [-0.05, 0) is 12.1 Å². The van der Waals surface area contributed by atoms with Gasteiger partial charge in [0.15, 0.2) is 0 Å². The van der Waals surface area contributed by atoms with Gasteiger partial charge in [0.25, 0.3) is 5.91 Å². The standard InChI is InChI=1S/C13H13N5OS/c1-18(7-8-4-2-3-5-17-8)13-9(6-14)10(15)11(20-13)12(16)19/h2-5H,7,15H2,1H3,(H2,16,19). The van der Waals surface area contributed by atoms with Crippen LogP contribution < -0.4 is 16.4 Å². The molecule has 0 spiro atoms. The van der Waals surface area contributed by atoms with Crippen LogP contribution in [0, 0.1) is 11.3 Å². The number of anilines is 2. The number of carbonyl (C=O) groups is 1. The van der Waals surface area contributed by atoms with E-state index in [-0.39, 0.29) is 16.1 Å². The molecule has 102 valence electrons. The highest BCUT2D eigenvalue weighted by Gasteiger charge is 2.21. The average Bonchev–Trinajstić information content (AvgIpc) is 2.77. The number of hydrogen-bond donors (Lipinski definition) is 2. The van der Waals surface area contributed by atoms with Crippen molar-refractivity contribution in [2.45, 2.75) is 6.54 Å². The lowest BCUT2D eigenvalue weighted by molar-refractivity contribution is 0.100. The Kier molecular flexibility index (Phi) is 3.86. The molecule has 7 heteroatoms. The van der Waals surface area contributed by atoms with E-state index in [2.05, 4.69) is 4.98 Å². The van der Waals surface area contributed by atoms with Crippen LogP contribution in [0.5, 0.6) is 0 Å². The lowest BCUT2D eigenvalue weighted by Crippen LogP contribution is -2.16. The number of nitrogens with zero attached hydrogens (tertiary/aromatic N) is 3. The number of aromatic nitrogens is 1. The zero-order chi connectivity index (χ0) is 14.7. The molecule has 0 aromatic carbocycles. The first-order valence-corrected chi connectivity index (χ1v) is 6.59. The Bertz CT molecular complexity index is 674. The van der Waals surface area contributed by atoms with Crippen molar-refractivity contribution in [3.63, 3.8) is 0 Å². The van der Waals surface area contributed by atoms with Crippen LogP contribution in [-0.2, 0) is 6.54 Å². The Morgan fingerprint density at radius 3 is 2.85 bits per heavy atom. The van der Waals surface area contributed by atoms with Gasteiger partial charge >= 0.3 is 0 Å². The topological polar surface area (TPSA) is 109 Å². The van der Waals surface area contributed by atoms with Crippen molar-refractivity contribution in [3.05, 3.63) is 40.5 Å². The minimum atomic E-state index is -0.624. The smallest absolute Gasteiger partial charge is 0.261 e. The number of hydrogen-bond acceptors (Lipinski definition) is 6. The highest BCUT2D eigenvalue weighted by molar-refractivity contribution is 7.19. The van der Waals surface area contributed by atoms with Crippen molar-refractivity contribution in [1.29, 1.82) is 5.26 Å². The maximum Gasteiger partial charge on any atom is 0.261 e. The third kappa shape index (κ3) is 2.55. The number of nitriles is 1. The molecule has 4 N–H and O–H groups in total. The normalized spacial score (nSPS) is 10.0. The Morgan fingerprint density at radius 1 is 1.55 bits per heavy atom. The lowest BCUT2D eigenvalue weighted by Gasteiger charge is -2.17. The van der Waals surface area contributed by atoms with E-state index in [0.717, 1.165) is 17.0 Å². The van der Waals surface area contributed by atoms with Crippen LogP contribution >= 0.6 is 11.3 Å². The van der Waals surface area contributed by atoms with Gasteiger partial charge in [0.1, 0.15) is 21.5 Å². The number of pyridine rings is 1. The maximum absolute atomic E-state index is 11.3. The molecule has 0 unspecified atom stereocenters. The molecular formula is C13H13N5OS. The molecule has 0 fully saturated rings. The van der Waals surface area contributed by atoms with Crippen LogP contribution in [-0.4, -0.2) is 17.9 Å². The number of nitrogen functional groups attached to an aromatic ring is 1. The molecule has 0 radical (unpaired) electrons. The summed E-state index contributed by atoms with van der Waals surface area (Å²) in [7, 11) is 1.81. The van der Waals surface area contributed by atoms with E-state index in [1.54, 1.807) is 6.20 Å². The number of thiophene rings is 1. The van der Waals surface area contributed by atoms with Crippen molar-refractivity contribution in [2.24, 2.45) is 5.73 Å². The molecule has 2 aromatic rings. The molecule has 2 heterocycles. The predicted octanol–water partition coefficient (Wildman–Crippen LogP) is 1.33. The second kappa shape index (κ2) is 5.59. The third-order valence-electron chi connectivity index (χ3n) is 2.73. The lowest BCUT2D eigenvalue weighted by atomic mass is 10.2. The summed E-state index contributed by atoms with van der Waals surface area (Å²) < 4.78 is 0. The Balaban J connectivity index is 2.35. The summed E-state index contributed by atoms with van der Waals surface area (Å²) in [5, 5.41) is 9.81. The van der Waals surface area contributed by atoms with E-state index in [9.17, 15) is 10.1 Å². The van der Waals surface area contributed by atoms with Crippen LogP contribution in [0.1, 0.15) is 20.9 Å². The van der Waals surface area contributed by atoms with Crippen LogP contribution in [0.4, 0.5) is 10.7 Å². The summed E-state index contributed by atoms with van der Waals surface area (Å²) in [4.78, 5) is 17.6. The zero-order valence-electron chi connectivity index (χ0n) is 10.8. The minimum absolute atomic E-state index is 0.146. The molecule has 0 saturated carbocycles. The minimum Gasteiger partial charge on any atom is -0.396 e. The molecule has 0 atom stereocenters. The van der Waals surface area contributed by atoms with Crippen LogP contribution in [0.15, 0.2) is 24.4 Å². The average molecular weight is 287 g/mol. The van der Waals surface area contributed by atoms with Gasteiger partial charge in [-0.25, -0.2) is 0 Å². The predicted molar refractivity (Wildman–Crippen MR) is 78.3 cm³/mol. The summed E-state index contributed by atoms with van der Waals surface area (Å²) in [5.41, 5.74) is 12.3. The first kappa shape index (κ1) is 13.8. The molecule has 0 saturated heterocycles. The van der Waals surface area contributed by atoms with E-state index >= 15 is 0 Å². The summed E-state index contributed by atoms with van der Waals surface area (Å²) >= 11 is 1.12. The second-order valence-corrected chi connectivity index (χ2v) is 5.18. The van der Waals surface area contributed by atoms with Gasteiger partial charge in [-0.15, -0.1) is 11.3 Å². The number of rotatable bonds is 4. The zero-order valence-corrected chi connectivity index (χ0v) is 11.6. The van der Waals surface area contributed by atoms with Crippen molar-refractivity contribution in [2.75, 3.05) is 17.7 Å².